The highest BCUT2D eigenvalue weighted by Crippen LogP contribution is 2.21. The normalized spacial score (nSPS) is 11.6. The van der Waals surface area contributed by atoms with E-state index in [1.54, 1.807) is 29.2 Å². The molecule has 0 radical (unpaired) electrons. The summed E-state index contributed by atoms with van der Waals surface area (Å²) in [7, 11) is -4.11. The molecule has 3 rings (SSSR count). The Morgan fingerprint density at radius 2 is 1.69 bits per heavy atom. The zero-order valence-electron chi connectivity index (χ0n) is 17.8. The van der Waals surface area contributed by atoms with Crippen molar-refractivity contribution in [3.8, 4) is 5.75 Å². The van der Waals surface area contributed by atoms with E-state index in [-0.39, 0.29) is 29.1 Å². The molecule has 0 aromatic heterocycles. The van der Waals surface area contributed by atoms with Gasteiger partial charge in [0.25, 0.3) is 0 Å². The van der Waals surface area contributed by atoms with E-state index < -0.39 is 15.9 Å². The Kier molecular flexibility index (Phi) is 7.43. The van der Waals surface area contributed by atoms with E-state index in [9.17, 15) is 17.6 Å². The van der Waals surface area contributed by atoms with Crippen LogP contribution in [0.25, 0.3) is 6.08 Å². The first-order valence-electron chi connectivity index (χ1n) is 10.1. The number of hydrogen-bond donors (Lipinski definition) is 0. The van der Waals surface area contributed by atoms with E-state index in [0.717, 1.165) is 29.8 Å². The Bertz CT molecular complexity index is 1190. The van der Waals surface area contributed by atoms with Crippen molar-refractivity contribution in [2.45, 2.75) is 31.3 Å². The lowest BCUT2D eigenvalue weighted by Crippen LogP contribution is -2.35. The van der Waals surface area contributed by atoms with Gasteiger partial charge in [-0.3, -0.25) is 4.79 Å². The fourth-order valence-corrected chi connectivity index (χ4v) is 3.93. The molecule has 0 fully saturated rings. The maximum absolute atomic E-state index is 13.1. The monoisotopic (exact) mass is 453 g/mol. The maximum atomic E-state index is 13.1. The molecule has 3 aromatic rings. The molecule has 0 N–H and O–H groups in total. The summed E-state index contributed by atoms with van der Waals surface area (Å²) in [5.74, 6) is -0.581. The van der Waals surface area contributed by atoms with Crippen LogP contribution in [0.2, 0.25) is 0 Å². The summed E-state index contributed by atoms with van der Waals surface area (Å²) < 4.78 is 43.2. The molecule has 0 saturated heterocycles. The number of carbonyl (C=O) groups excluding carboxylic acids is 1. The van der Waals surface area contributed by atoms with Crippen LogP contribution in [0.4, 0.5) is 4.39 Å². The van der Waals surface area contributed by atoms with Crippen LogP contribution in [0.3, 0.4) is 0 Å². The van der Waals surface area contributed by atoms with E-state index in [1.165, 1.54) is 12.1 Å². The molecule has 7 heteroatoms. The summed E-state index contributed by atoms with van der Waals surface area (Å²) in [6, 6.07) is 20.4. The van der Waals surface area contributed by atoms with Gasteiger partial charge in [0.1, 0.15) is 16.5 Å². The second-order valence-electron chi connectivity index (χ2n) is 7.44. The highest BCUT2D eigenvalue weighted by atomic mass is 32.2. The molecule has 32 heavy (non-hydrogen) atoms. The van der Waals surface area contributed by atoms with Crippen molar-refractivity contribution in [1.29, 1.82) is 0 Å². The van der Waals surface area contributed by atoms with Crippen LogP contribution in [-0.2, 0) is 21.5 Å². The average molecular weight is 454 g/mol. The van der Waals surface area contributed by atoms with Gasteiger partial charge in [-0.1, -0.05) is 42.5 Å². The average Bonchev–Trinajstić information content (AvgIpc) is 2.76. The van der Waals surface area contributed by atoms with Crippen LogP contribution < -0.4 is 4.18 Å². The minimum Gasteiger partial charge on any atom is -0.379 e. The lowest BCUT2D eigenvalue weighted by atomic mass is 10.1. The molecule has 0 atom stereocenters. The van der Waals surface area contributed by atoms with Gasteiger partial charge in [0.15, 0.2) is 0 Å². The van der Waals surface area contributed by atoms with Gasteiger partial charge in [0.2, 0.25) is 5.91 Å². The number of amides is 1. The van der Waals surface area contributed by atoms with Gasteiger partial charge in [0, 0.05) is 18.7 Å². The van der Waals surface area contributed by atoms with Crippen molar-refractivity contribution in [3.63, 3.8) is 0 Å². The van der Waals surface area contributed by atoms with Gasteiger partial charge in [-0.05, 0) is 67.4 Å². The van der Waals surface area contributed by atoms with Crippen LogP contribution in [0.5, 0.6) is 5.75 Å². The largest absolute Gasteiger partial charge is 0.379 e. The second kappa shape index (κ2) is 10.2. The zero-order valence-corrected chi connectivity index (χ0v) is 18.6. The van der Waals surface area contributed by atoms with Crippen molar-refractivity contribution in [2.24, 2.45) is 0 Å². The van der Waals surface area contributed by atoms with E-state index >= 15 is 0 Å². The maximum Gasteiger partial charge on any atom is 0.339 e. The van der Waals surface area contributed by atoms with Crippen LogP contribution in [0.1, 0.15) is 25.0 Å². The van der Waals surface area contributed by atoms with Gasteiger partial charge in [-0.15, -0.1) is 0 Å². The van der Waals surface area contributed by atoms with Gasteiger partial charge in [-0.2, -0.15) is 8.42 Å². The first kappa shape index (κ1) is 23.2. The number of halogens is 1. The molecule has 166 valence electrons. The summed E-state index contributed by atoms with van der Waals surface area (Å²) in [6.45, 7) is 4.10. The fourth-order valence-electron chi connectivity index (χ4n) is 3.01. The minimum absolute atomic E-state index is 0.0737. The van der Waals surface area contributed by atoms with Crippen LogP contribution in [0.15, 0.2) is 89.8 Å². The van der Waals surface area contributed by atoms with Gasteiger partial charge >= 0.3 is 10.1 Å². The molecule has 0 aliphatic carbocycles. The van der Waals surface area contributed by atoms with Gasteiger partial charge in [-0.25, -0.2) is 4.39 Å². The molecule has 0 aliphatic rings. The number of benzene rings is 3. The Balaban J connectivity index is 1.74. The summed E-state index contributed by atoms with van der Waals surface area (Å²) in [4.78, 5) is 14.3. The second-order valence-corrected chi connectivity index (χ2v) is 8.99. The van der Waals surface area contributed by atoms with Crippen molar-refractivity contribution < 1.29 is 21.8 Å². The third kappa shape index (κ3) is 6.28. The van der Waals surface area contributed by atoms with Gasteiger partial charge in [0.05, 0.1) is 0 Å². The molecule has 0 unspecified atom stereocenters. The molecule has 0 spiro atoms. The van der Waals surface area contributed by atoms with Crippen LogP contribution in [0, 0.1) is 5.82 Å². The zero-order chi connectivity index (χ0) is 23.1. The third-order valence-corrected chi connectivity index (χ3v) is 5.95. The van der Waals surface area contributed by atoms with E-state index in [2.05, 4.69) is 0 Å². The van der Waals surface area contributed by atoms with E-state index in [4.69, 9.17) is 4.18 Å². The Morgan fingerprint density at radius 1 is 1.00 bits per heavy atom. The smallest absolute Gasteiger partial charge is 0.339 e. The lowest BCUT2D eigenvalue weighted by molar-refractivity contribution is -0.128. The molecule has 0 saturated carbocycles. The molecule has 5 nitrogen and oxygen atoms in total. The summed E-state index contributed by atoms with van der Waals surface area (Å²) in [5, 5.41) is 0. The molecule has 3 aromatic carbocycles. The summed E-state index contributed by atoms with van der Waals surface area (Å²) >= 11 is 0. The fraction of sp³-hybridized carbons (Fsp3) is 0.160. The Morgan fingerprint density at radius 3 is 2.34 bits per heavy atom. The van der Waals surface area contributed by atoms with Crippen LogP contribution >= 0.6 is 0 Å². The molecule has 0 bridgehead atoms. The topological polar surface area (TPSA) is 63.7 Å². The predicted molar refractivity (Wildman–Crippen MR) is 122 cm³/mol. The molecular weight excluding hydrogens is 429 g/mol. The minimum atomic E-state index is -4.11. The van der Waals surface area contributed by atoms with E-state index in [1.807, 2.05) is 44.2 Å². The molecular formula is C25H24FNO4S. The predicted octanol–water partition coefficient (Wildman–Crippen LogP) is 5.04. The first-order chi connectivity index (χ1) is 15.2. The number of carbonyl (C=O) groups is 1. The number of hydrogen-bond acceptors (Lipinski definition) is 4. The quantitative estimate of drug-likeness (QED) is 0.354. The lowest BCUT2D eigenvalue weighted by Gasteiger charge is -2.26. The van der Waals surface area contributed by atoms with Crippen molar-refractivity contribution in [1.82, 2.24) is 4.90 Å². The van der Waals surface area contributed by atoms with Crippen molar-refractivity contribution >= 4 is 22.1 Å². The standard InChI is InChI=1S/C25H24FNO4S/c1-19(2)27(25(28)16-11-20-7-4-3-5-8-20)18-21-9-6-10-23(17-21)31-32(29,30)24-14-12-22(26)13-15-24/h3-17,19H,18H2,1-2H3/b16-11+. The van der Waals surface area contributed by atoms with E-state index in [0.29, 0.717) is 5.56 Å². The third-order valence-electron chi connectivity index (χ3n) is 4.68. The number of nitrogens with zero attached hydrogens (tertiary/aromatic N) is 1. The van der Waals surface area contributed by atoms with Crippen molar-refractivity contribution in [3.05, 3.63) is 102 Å². The van der Waals surface area contributed by atoms with Crippen molar-refractivity contribution in [2.75, 3.05) is 0 Å². The number of rotatable bonds is 8. The van der Waals surface area contributed by atoms with Crippen LogP contribution in [-0.4, -0.2) is 25.3 Å². The molecule has 0 aliphatic heterocycles. The highest BCUT2D eigenvalue weighted by Gasteiger charge is 2.18. The highest BCUT2D eigenvalue weighted by molar-refractivity contribution is 7.87. The summed E-state index contributed by atoms with van der Waals surface area (Å²) in [6.07, 6.45) is 3.28. The Labute approximate surface area is 187 Å². The molecule has 1 amide bonds. The van der Waals surface area contributed by atoms with Gasteiger partial charge < -0.3 is 9.08 Å². The SMILES string of the molecule is CC(C)N(Cc1cccc(OS(=O)(=O)c2ccc(F)cc2)c1)C(=O)/C=C/c1ccccc1. The summed E-state index contributed by atoms with van der Waals surface area (Å²) in [5.41, 5.74) is 1.64. The first-order valence-corrected chi connectivity index (χ1v) is 11.5. The molecule has 0 heterocycles. The Hall–Kier alpha value is -3.45.